The zero-order chi connectivity index (χ0) is 14.0. The van der Waals surface area contributed by atoms with Crippen LogP contribution in [0.3, 0.4) is 0 Å². The molecule has 1 atom stereocenters. The predicted molar refractivity (Wildman–Crippen MR) is 78.6 cm³/mol. The molecule has 19 heavy (non-hydrogen) atoms. The van der Waals surface area contributed by atoms with Crippen molar-refractivity contribution < 1.29 is 4.79 Å². The summed E-state index contributed by atoms with van der Waals surface area (Å²) in [6, 6.07) is 6.32. The molecule has 4 nitrogen and oxygen atoms in total. The molecule has 1 aliphatic rings. The van der Waals surface area contributed by atoms with E-state index in [-0.39, 0.29) is 11.9 Å². The number of hydrogen-bond donors (Lipinski definition) is 1. The van der Waals surface area contributed by atoms with Crippen LogP contribution in [-0.2, 0) is 4.79 Å². The molecule has 1 heterocycles. The van der Waals surface area contributed by atoms with E-state index in [1.54, 1.807) is 0 Å². The number of carbonyl (C=O) groups excluding carboxylic acids is 1. The predicted octanol–water partition coefficient (Wildman–Crippen LogP) is 1.17. The Hall–Kier alpha value is -1.55. The largest absolute Gasteiger partial charge is 0.357 e. The molecule has 1 aromatic rings. The maximum Gasteiger partial charge on any atom is 0.246 e. The van der Waals surface area contributed by atoms with Crippen LogP contribution in [0.1, 0.15) is 11.1 Å². The van der Waals surface area contributed by atoms with Gasteiger partial charge in [-0.3, -0.25) is 4.79 Å². The monoisotopic (exact) mass is 261 g/mol. The van der Waals surface area contributed by atoms with Crippen molar-refractivity contribution in [1.29, 1.82) is 0 Å². The Morgan fingerprint density at radius 3 is 2.63 bits per heavy atom. The summed E-state index contributed by atoms with van der Waals surface area (Å²) in [6.45, 7) is 6.57. The van der Waals surface area contributed by atoms with Crippen molar-refractivity contribution in [2.45, 2.75) is 19.9 Å². The highest BCUT2D eigenvalue weighted by Crippen LogP contribution is 2.23. The number of benzene rings is 1. The fourth-order valence-electron chi connectivity index (χ4n) is 2.52. The number of nitrogens with one attached hydrogen (secondary N) is 1. The highest BCUT2D eigenvalue weighted by molar-refractivity contribution is 5.86. The smallest absolute Gasteiger partial charge is 0.246 e. The number of anilines is 1. The van der Waals surface area contributed by atoms with Crippen molar-refractivity contribution in [3.63, 3.8) is 0 Å². The van der Waals surface area contributed by atoms with Crippen LogP contribution >= 0.6 is 0 Å². The molecule has 1 unspecified atom stereocenters. The van der Waals surface area contributed by atoms with E-state index in [2.05, 4.69) is 42.3 Å². The van der Waals surface area contributed by atoms with Crippen LogP contribution < -0.4 is 10.2 Å². The summed E-state index contributed by atoms with van der Waals surface area (Å²) in [4.78, 5) is 16.3. The average molecular weight is 261 g/mol. The van der Waals surface area contributed by atoms with Crippen molar-refractivity contribution in [2.75, 3.05) is 38.6 Å². The fraction of sp³-hybridized carbons (Fsp3) is 0.533. The van der Waals surface area contributed by atoms with Crippen molar-refractivity contribution >= 4 is 11.6 Å². The van der Waals surface area contributed by atoms with Crippen LogP contribution in [0.4, 0.5) is 5.69 Å². The molecule has 4 heteroatoms. The Morgan fingerprint density at radius 2 is 2.00 bits per heavy atom. The van der Waals surface area contributed by atoms with Gasteiger partial charge >= 0.3 is 0 Å². The maximum atomic E-state index is 12.3. The highest BCUT2D eigenvalue weighted by atomic mass is 16.2. The van der Waals surface area contributed by atoms with Crippen LogP contribution in [0, 0.1) is 13.8 Å². The van der Waals surface area contributed by atoms with Gasteiger partial charge in [-0.1, -0.05) is 6.07 Å². The van der Waals surface area contributed by atoms with Crippen LogP contribution in [0.15, 0.2) is 18.2 Å². The van der Waals surface area contributed by atoms with Crippen LogP contribution in [-0.4, -0.2) is 50.6 Å². The van der Waals surface area contributed by atoms with Gasteiger partial charge in [0.05, 0.1) is 0 Å². The van der Waals surface area contributed by atoms with Crippen LogP contribution in [0.2, 0.25) is 0 Å². The summed E-state index contributed by atoms with van der Waals surface area (Å²) in [5.74, 6) is 0.193. The Balaban J connectivity index is 2.30. The molecule has 0 spiro atoms. The lowest BCUT2D eigenvalue weighted by molar-refractivity contribution is -0.132. The molecule has 1 amide bonds. The third-order valence-electron chi connectivity index (χ3n) is 3.93. The maximum absolute atomic E-state index is 12.3. The SMILES string of the molecule is CNCC1C(=O)N(C)CCN1c1ccc(C)c(C)c1. The first-order chi connectivity index (χ1) is 9.04. The highest BCUT2D eigenvalue weighted by Gasteiger charge is 2.32. The summed E-state index contributed by atoms with van der Waals surface area (Å²) in [6.07, 6.45) is 0. The van der Waals surface area contributed by atoms with Gasteiger partial charge in [0.25, 0.3) is 0 Å². The molecule has 1 aromatic carbocycles. The van der Waals surface area contributed by atoms with E-state index < -0.39 is 0 Å². The van der Waals surface area contributed by atoms with E-state index in [0.29, 0.717) is 6.54 Å². The van der Waals surface area contributed by atoms with Crippen molar-refractivity contribution in [3.8, 4) is 0 Å². The molecule has 1 fully saturated rings. The van der Waals surface area contributed by atoms with E-state index in [9.17, 15) is 4.79 Å². The second-order valence-electron chi connectivity index (χ2n) is 5.30. The minimum atomic E-state index is -0.106. The standard InChI is InChI=1S/C15H23N3O/c1-11-5-6-13(9-12(11)2)18-8-7-17(4)15(19)14(18)10-16-3/h5-6,9,14,16H,7-8,10H2,1-4H3. The van der Waals surface area contributed by atoms with Gasteiger partial charge in [-0.25, -0.2) is 0 Å². The van der Waals surface area contributed by atoms with E-state index in [4.69, 9.17) is 0 Å². The topological polar surface area (TPSA) is 35.6 Å². The number of likely N-dealkylation sites (N-methyl/N-ethyl adjacent to an activating group) is 2. The van der Waals surface area contributed by atoms with Crippen LogP contribution in [0.25, 0.3) is 0 Å². The molecule has 104 valence electrons. The minimum absolute atomic E-state index is 0.106. The van der Waals surface area contributed by atoms with Gasteiger partial charge in [0, 0.05) is 32.4 Å². The van der Waals surface area contributed by atoms with Gasteiger partial charge in [-0.05, 0) is 44.2 Å². The molecule has 0 saturated carbocycles. The zero-order valence-electron chi connectivity index (χ0n) is 12.2. The van der Waals surface area contributed by atoms with E-state index in [0.717, 1.165) is 18.8 Å². The molecule has 1 aliphatic heterocycles. The Kier molecular flexibility index (Phi) is 4.10. The number of rotatable bonds is 3. The first-order valence-electron chi connectivity index (χ1n) is 6.78. The van der Waals surface area contributed by atoms with Gasteiger partial charge in [0.2, 0.25) is 5.91 Å². The van der Waals surface area contributed by atoms with Crippen LogP contribution in [0.5, 0.6) is 0 Å². The summed E-state index contributed by atoms with van der Waals surface area (Å²) >= 11 is 0. The second-order valence-corrected chi connectivity index (χ2v) is 5.30. The molecule has 1 N–H and O–H groups in total. The third-order valence-corrected chi connectivity index (χ3v) is 3.93. The Bertz CT molecular complexity index is 472. The lowest BCUT2D eigenvalue weighted by atomic mass is 10.1. The Labute approximate surface area is 115 Å². The summed E-state index contributed by atoms with van der Waals surface area (Å²) < 4.78 is 0. The number of nitrogens with zero attached hydrogens (tertiary/aromatic N) is 2. The Morgan fingerprint density at radius 1 is 1.26 bits per heavy atom. The van der Waals surface area contributed by atoms with E-state index in [1.165, 1.54) is 11.1 Å². The first-order valence-corrected chi connectivity index (χ1v) is 6.78. The van der Waals surface area contributed by atoms with Crippen molar-refractivity contribution in [2.24, 2.45) is 0 Å². The number of hydrogen-bond acceptors (Lipinski definition) is 3. The van der Waals surface area contributed by atoms with Gasteiger partial charge in [0.15, 0.2) is 0 Å². The number of aryl methyl sites for hydroxylation is 2. The lowest BCUT2D eigenvalue weighted by Gasteiger charge is -2.40. The summed E-state index contributed by atoms with van der Waals surface area (Å²) in [5.41, 5.74) is 3.70. The molecule has 1 saturated heterocycles. The summed E-state index contributed by atoms with van der Waals surface area (Å²) in [5, 5.41) is 3.12. The molecule has 0 aromatic heterocycles. The molecule has 0 radical (unpaired) electrons. The van der Waals surface area contributed by atoms with Gasteiger partial charge < -0.3 is 15.1 Å². The van der Waals surface area contributed by atoms with Crippen molar-refractivity contribution in [1.82, 2.24) is 10.2 Å². The number of carbonyl (C=O) groups is 1. The normalized spacial score (nSPS) is 20.0. The lowest BCUT2D eigenvalue weighted by Crippen LogP contribution is -2.59. The summed E-state index contributed by atoms with van der Waals surface area (Å²) in [7, 11) is 3.77. The molecular weight excluding hydrogens is 238 g/mol. The number of piperazine rings is 1. The molecule has 0 aliphatic carbocycles. The quantitative estimate of drug-likeness (QED) is 0.887. The number of amides is 1. The second kappa shape index (κ2) is 5.61. The minimum Gasteiger partial charge on any atom is -0.357 e. The average Bonchev–Trinajstić information content (AvgIpc) is 2.39. The van der Waals surface area contributed by atoms with E-state index in [1.807, 2.05) is 19.0 Å². The van der Waals surface area contributed by atoms with Gasteiger partial charge in [0.1, 0.15) is 6.04 Å². The van der Waals surface area contributed by atoms with Gasteiger partial charge in [-0.15, -0.1) is 0 Å². The zero-order valence-corrected chi connectivity index (χ0v) is 12.2. The van der Waals surface area contributed by atoms with Gasteiger partial charge in [-0.2, -0.15) is 0 Å². The van der Waals surface area contributed by atoms with E-state index >= 15 is 0 Å². The molecule has 2 rings (SSSR count). The third kappa shape index (κ3) is 2.73. The van der Waals surface area contributed by atoms with Crippen molar-refractivity contribution in [3.05, 3.63) is 29.3 Å². The molecular formula is C15H23N3O. The molecule has 0 bridgehead atoms. The first kappa shape index (κ1) is 13.9. The fourth-order valence-corrected chi connectivity index (χ4v) is 2.52.